The third kappa shape index (κ3) is 6.03. The van der Waals surface area contributed by atoms with Crippen molar-refractivity contribution in [1.29, 1.82) is 0 Å². The number of carbonyl (C=O) groups excluding carboxylic acids is 1. The van der Waals surface area contributed by atoms with Crippen LogP contribution in [0.4, 0.5) is 0 Å². The predicted molar refractivity (Wildman–Crippen MR) is 131 cm³/mol. The molecule has 2 aromatic heterocycles. The molecule has 1 atom stereocenters. The first-order chi connectivity index (χ1) is 15.2. The molecule has 4 rings (SSSR count). The molecule has 6 nitrogen and oxygen atoms in total. The number of nitrogens with one attached hydrogen (secondary N) is 1. The molecule has 32 heavy (non-hydrogen) atoms. The highest BCUT2D eigenvalue weighted by atomic mass is 16.3. The number of H-pyrrole nitrogens is 1. The maximum atomic E-state index is 10.9. The molecule has 0 spiro atoms. The summed E-state index contributed by atoms with van der Waals surface area (Å²) in [7, 11) is 4.17. The Hall–Kier alpha value is -2.54. The lowest BCUT2D eigenvalue weighted by Crippen LogP contribution is -2.34. The van der Waals surface area contributed by atoms with Crippen LogP contribution in [0, 0.1) is 0 Å². The number of hydrogen-bond acceptors (Lipinski definition) is 5. The van der Waals surface area contributed by atoms with Crippen molar-refractivity contribution in [2.75, 3.05) is 27.2 Å². The summed E-state index contributed by atoms with van der Waals surface area (Å²) in [5.74, 6) is 0. The number of likely N-dealkylation sites (tertiary alicyclic amines) is 1. The molecule has 0 saturated carbocycles. The Morgan fingerprint density at radius 2 is 1.97 bits per heavy atom. The number of nitrogens with zero attached hydrogens (tertiary/aromatic N) is 3. The summed E-state index contributed by atoms with van der Waals surface area (Å²) in [5.41, 5.74) is 4.81. The van der Waals surface area contributed by atoms with E-state index in [-0.39, 0.29) is 12.6 Å². The summed E-state index contributed by atoms with van der Waals surface area (Å²) in [5, 5.41) is 10.6. The molecule has 172 valence electrons. The zero-order valence-electron chi connectivity index (χ0n) is 19.9. The third-order valence-corrected chi connectivity index (χ3v) is 6.29. The van der Waals surface area contributed by atoms with Crippen LogP contribution in [-0.2, 0) is 6.54 Å². The van der Waals surface area contributed by atoms with Crippen molar-refractivity contribution in [1.82, 2.24) is 19.8 Å². The molecule has 6 heteroatoms. The Balaban J connectivity index is 0.000000360. The van der Waals surface area contributed by atoms with E-state index >= 15 is 0 Å². The largest absolute Gasteiger partial charge is 0.395 e. The van der Waals surface area contributed by atoms with Crippen molar-refractivity contribution in [3.63, 3.8) is 0 Å². The minimum atomic E-state index is 0.225. The Morgan fingerprint density at radius 1 is 1.22 bits per heavy atom. The number of aliphatic hydroxyl groups excluding tert-OH is 1. The van der Waals surface area contributed by atoms with E-state index in [2.05, 4.69) is 72.8 Å². The molecular formula is C26H36N4O2. The number of aliphatic hydroxyl groups is 1. The third-order valence-electron chi connectivity index (χ3n) is 6.29. The normalized spacial score (nSPS) is 16.9. The van der Waals surface area contributed by atoms with E-state index in [4.69, 9.17) is 0 Å². The van der Waals surface area contributed by atoms with Gasteiger partial charge in [-0.05, 0) is 84.6 Å². The van der Waals surface area contributed by atoms with Gasteiger partial charge in [0.05, 0.1) is 12.3 Å². The molecule has 0 aliphatic carbocycles. The fraction of sp³-hybridized carbons (Fsp3) is 0.462. The number of rotatable bonds is 5. The van der Waals surface area contributed by atoms with Crippen LogP contribution in [-0.4, -0.2) is 70.0 Å². The predicted octanol–water partition coefficient (Wildman–Crippen LogP) is 4.35. The van der Waals surface area contributed by atoms with Gasteiger partial charge in [-0.25, -0.2) is 4.98 Å². The standard InChI is InChI=1S/C20H21N3O2.C6H15N/c24-12-16-3-1-5-19(21-16)14-6-7-20-15(9-14)10-17(22-20)11-23-8-2-4-18(23)13-25;1-6(2,3)7(4)5/h1,3,5-7,9-10,12,18,22,25H,2,4,8,11,13H2;1-5H3. The van der Waals surface area contributed by atoms with E-state index in [0.717, 1.165) is 60.1 Å². The van der Waals surface area contributed by atoms with Gasteiger partial charge in [0.15, 0.2) is 6.29 Å². The monoisotopic (exact) mass is 436 g/mol. The van der Waals surface area contributed by atoms with Crippen LogP contribution in [0.2, 0.25) is 0 Å². The smallest absolute Gasteiger partial charge is 0.168 e. The number of carbonyl (C=O) groups is 1. The Labute approximate surface area is 191 Å². The van der Waals surface area contributed by atoms with E-state index in [0.29, 0.717) is 11.2 Å². The molecule has 1 fully saturated rings. The molecule has 3 heterocycles. The molecule has 1 aliphatic heterocycles. The van der Waals surface area contributed by atoms with E-state index in [9.17, 15) is 9.90 Å². The summed E-state index contributed by atoms with van der Waals surface area (Å²) in [4.78, 5) is 23.3. The number of benzene rings is 1. The van der Waals surface area contributed by atoms with Crippen LogP contribution in [0.3, 0.4) is 0 Å². The molecule has 0 amide bonds. The zero-order valence-corrected chi connectivity index (χ0v) is 19.9. The van der Waals surface area contributed by atoms with Crippen molar-refractivity contribution < 1.29 is 9.90 Å². The summed E-state index contributed by atoms with van der Waals surface area (Å²) in [6.45, 7) is 8.65. The van der Waals surface area contributed by atoms with Crippen molar-refractivity contribution in [3.05, 3.63) is 53.9 Å². The van der Waals surface area contributed by atoms with Crippen LogP contribution < -0.4 is 0 Å². The molecule has 3 aromatic rings. The van der Waals surface area contributed by atoms with Crippen molar-refractivity contribution in [2.24, 2.45) is 0 Å². The maximum absolute atomic E-state index is 10.9. The molecular weight excluding hydrogens is 400 g/mol. The first-order valence-electron chi connectivity index (χ1n) is 11.3. The SMILES string of the molecule is CN(C)C(C)(C)C.O=Cc1cccc(-c2ccc3[nH]c(CN4CCCC4CO)cc3c2)n1. The van der Waals surface area contributed by atoms with Crippen LogP contribution in [0.15, 0.2) is 42.5 Å². The van der Waals surface area contributed by atoms with Gasteiger partial charge in [0.25, 0.3) is 0 Å². The highest BCUT2D eigenvalue weighted by Gasteiger charge is 2.24. The van der Waals surface area contributed by atoms with E-state index in [1.807, 2.05) is 18.2 Å². The number of fused-ring (bicyclic) bond motifs is 1. The molecule has 2 N–H and O–H groups in total. The van der Waals surface area contributed by atoms with Gasteiger partial charge in [0.2, 0.25) is 0 Å². The molecule has 0 radical (unpaired) electrons. The molecule has 1 aliphatic rings. The summed E-state index contributed by atoms with van der Waals surface area (Å²) in [6.07, 6.45) is 2.98. The average Bonchev–Trinajstić information content (AvgIpc) is 3.39. The minimum Gasteiger partial charge on any atom is -0.395 e. The summed E-state index contributed by atoms with van der Waals surface area (Å²) in [6, 6.07) is 14.1. The van der Waals surface area contributed by atoms with Crippen LogP contribution in [0.25, 0.3) is 22.2 Å². The number of pyridine rings is 1. The maximum Gasteiger partial charge on any atom is 0.168 e. The number of aromatic nitrogens is 2. The number of aldehydes is 1. The Kier molecular flexibility index (Phi) is 7.82. The van der Waals surface area contributed by atoms with E-state index < -0.39 is 0 Å². The number of aromatic amines is 1. The van der Waals surface area contributed by atoms with E-state index in [1.54, 1.807) is 6.07 Å². The molecule has 1 unspecified atom stereocenters. The number of hydrogen-bond donors (Lipinski definition) is 2. The fourth-order valence-electron chi connectivity index (χ4n) is 3.64. The van der Waals surface area contributed by atoms with Crippen LogP contribution in [0.1, 0.15) is 49.8 Å². The first-order valence-corrected chi connectivity index (χ1v) is 11.3. The van der Waals surface area contributed by atoms with Crippen molar-refractivity contribution in [2.45, 2.75) is 51.7 Å². The topological polar surface area (TPSA) is 72.5 Å². The van der Waals surface area contributed by atoms with Gasteiger partial charge >= 0.3 is 0 Å². The molecule has 1 saturated heterocycles. The van der Waals surface area contributed by atoms with Gasteiger partial charge in [-0.2, -0.15) is 0 Å². The van der Waals surface area contributed by atoms with Gasteiger partial charge in [-0.1, -0.05) is 12.1 Å². The Morgan fingerprint density at radius 3 is 2.62 bits per heavy atom. The molecule has 0 bridgehead atoms. The molecule has 1 aromatic carbocycles. The Bertz CT molecular complexity index is 1040. The average molecular weight is 437 g/mol. The van der Waals surface area contributed by atoms with Crippen LogP contribution >= 0.6 is 0 Å². The highest BCUT2D eigenvalue weighted by molar-refractivity contribution is 5.85. The first kappa shape index (κ1) is 24.1. The van der Waals surface area contributed by atoms with Crippen molar-refractivity contribution in [3.8, 4) is 11.3 Å². The van der Waals surface area contributed by atoms with Gasteiger partial charge in [0.1, 0.15) is 5.69 Å². The summed E-state index contributed by atoms with van der Waals surface area (Å²) < 4.78 is 0. The second-order valence-electron chi connectivity index (χ2n) is 9.68. The van der Waals surface area contributed by atoms with Gasteiger partial charge < -0.3 is 15.0 Å². The second kappa shape index (κ2) is 10.4. The summed E-state index contributed by atoms with van der Waals surface area (Å²) >= 11 is 0. The van der Waals surface area contributed by atoms with Crippen LogP contribution in [0.5, 0.6) is 0 Å². The lowest BCUT2D eigenvalue weighted by atomic mass is 10.1. The van der Waals surface area contributed by atoms with Crippen molar-refractivity contribution >= 4 is 17.2 Å². The zero-order chi connectivity index (χ0) is 23.3. The lowest BCUT2D eigenvalue weighted by molar-refractivity contribution is 0.111. The lowest BCUT2D eigenvalue weighted by Gasteiger charge is -2.27. The highest BCUT2D eigenvalue weighted by Crippen LogP contribution is 2.26. The van der Waals surface area contributed by atoms with Gasteiger partial charge in [-0.15, -0.1) is 0 Å². The fourth-order valence-corrected chi connectivity index (χ4v) is 3.64. The van der Waals surface area contributed by atoms with Gasteiger partial charge in [-0.3, -0.25) is 9.69 Å². The minimum absolute atomic E-state index is 0.225. The van der Waals surface area contributed by atoms with E-state index in [1.165, 1.54) is 0 Å². The second-order valence-corrected chi connectivity index (χ2v) is 9.68. The quantitative estimate of drug-likeness (QED) is 0.582. The van der Waals surface area contributed by atoms with Gasteiger partial charge in [0, 0.05) is 40.3 Å².